The number of anilines is 2. The standard InChI is InChI=1S/C19H23N3/c1-13(2)22-12-11-16-9-10-17(21(5)19(16)22)20-18-14(3)7-6-8-15(18)4/h6-13H,1-5H3/p+1. The average Bonchev–Trinajstić information content (AvgIpc) is 2.90. The first-order chi connectivity index (χ1) is 10.5. The lowest BCUT2D eigenvalue weighted by Crippen LogP contribution is -2.34. The van der Waals surface area contributed by atoms with Gasteiger partial charge in [0.25, 0.3) is 0 Å². The average molecular weight is 294 g/mol. The molecule has 0 bridgehead atoms. The Hall–Kier alpha value is -2.29. The summed E-state index contributed by atoms with van der Waals surface area (Å²) in [5.41, 5.74) is 4.96. The number of hydrogen-bond acceptors (Lipinski definition) is 1. The topological polar surface area (TPSA) is 20.8 Å². The molecule has 0 saturated carbocycles. The molecule has 0 atom stereocenters. The van der Waals surface area contributed by atoms with Gasteiger partial charge in [-0.25, -0.2) is 4.57 Å². The van der Waals surface area contributed by atoms with Gasteiger partial charge in [0.15, 0.2) is 0 Å². The second-order valence-corrected chi connectivity index (χ2v) is 6.27. The number of pyridine rings is 1. The molecular weight excluding hydrogens is 270 g/mol. The molecular formula is C19H24N3+. The van der Waals surface area contributed by atoms with E-state index < -0.39 is 0 Å². The minimum atomic E-state index is 0.444. The van der Waals surface area contributed by atoms with Crippen LogP contribution in [0.4, 0.5) is 11.5 Å². The van der Waals surface area contributed by atoms with Gasteiger partial charge >= 0.3 is 0 Å². The molecule has 0 aliphatic carbocycles. The maximum absolute atomic E-state index is 3.61. The number of benzene rings is 1. The van der Waals surface area contributed by atoms with E-state index in [4.69, 9.17) is 0 Å². The van der Waals surface area contributed by atoms with E-state index in [-0.39, 0.29) is 0 Å². The molecule has 0 radical (unpaired) electrons. The zero-order valence-corrected chi connectivity index (χ0v) is 14.0. The molecule has 1 aromatic carbocycles. The number of fused-ring (bicyclic) bond motifs is 1. The van der Waals surface area contributed by atoms with Crippen molar-refractivity contribution in [2.45, 2.75) is 33.7 Å². The van der Waals surface area contributed by atoms with Crippen LogP contribution in [0.15, 0.2) is 42.6 Å². The van der Waals surface area contributed by atoms with Crippen LogP contribution in [0.2, 0.25) is 0 Å². The molecule has 0 aliphatic rings. The molecule has 0 spiro atoms. The van der Waals surface area contributed by atoms with E-state index >= 15 is 0 Å². The van der Waals surface area contributed by atoms with Crippen molar-refractivity contribution in [3.63, 3.8) is 0 Å². The Morgan fingerprint density at radius 2 is 1.68 bits per heavy atom. The molecule has 1 N–H and O–H groups in total. The largest absolute Gasteiger partial charge is 0.273 e. The van der Waals surface area contributed by atoms with Gasteiger partial charge in [-0.05, 0) is 51.0 Å². The minimum absolute atomic E-state index is 0.444. The lowest BCUT2D eigenvalue weighted by Gasteiger charge is -2.13. The summed E-state index contributed by atoms with van der Waals surface area (Å²) >= 11 is 0. The first kappa shape index (κ1) is 14.6. The number of aromatic nitrogens is 2. The van der Waals surface area contributed by atoms with Gasteiger partial charge in [0.05, 0.1) is 24.7 Å². The van der Waals surface area contributed by atoms with E-state index in [2.05, 4.69) is 91.8 Å². The van der Waals surface area contributed by atoms with Gasteiger partial charge < -0.3 is 0 Å². The number of aryl methyl sites for hydroxylation is 3. The van der Waals surface area contributed by atoms with Crippen LogP contribution in [0.1, 0.15) is 31.0 Å². The number of nitrogens with one attached hydrogen (secondary N) is 1. The number of rotatable bonds is 3. The summed E-state index contributed by atoms with van der Waals surface area (Å²) in [5.74, 6) is 1.10. The molecule has 0 amide bonds. The lowest BCUT2D eigenvalue weighted by molar-refractivity contribution is -0.633. The van der Waals surface area contributed by atoms with E-state index in [0.29, 0.717) is 6.04 Å². The Balaban J connectivity index is 2.12. The normalized spacial score (nSPS) is 11.4. The van der Waals surface area contributed by atoms with Crippen molar-refractivity contribution in [3.8, 4) is 0 Å². The number of para-hydroxylation sites is 1. The van der Waals surface area contributed by atoms with E-state index in [1.807, 2.05) is 0 Å². The Bertz CT molecular complexity index is 808. The summed E-state index contributed by atoms with van der Waals surface area (Å²) in [6.07, 6.45) is 2.16. The highest BCUT2D eigenvalue weighted by molar-refractivity contribution is 5.75. The third-order valence-corrected chi connectivity index (χ3v) is 4.31. The summed E-state index contributed by atoms with van der Waals surface area (Å²) < 4.78 is 4.55. The SMILES string of the molecule is Cc1cccc(C)c1Nc1ccc2ccn(C(C)C)c2[n+]1C. The molecule has 3 nitrogen and oxygen atoms in total. The molecule has 0 fully saturated rings. The molecule has 0 saturated heterocycles. The molecule has 3 heteroatoms. The number of hydrogen-bond donors (Lipinski definition) is 1. The van der Waals surface area contributed by atoms with Crippen LogP contribution >= 0.6 is 0 Å². The summed E-state index contributed by atoms with van der Waals surface area (Å²) in [6, 6.07) is 13.3. The van der Waals surface area contributed by atoms with Gasteiger partial charge in [-0.1, -0.05) is 18.2 Å². The quantitative estimate of drug-likeness (QED) is 0.710. The van der Waals surface area contributed by atoms with Crippen LogP contribution in [0, 0.1) is 13.8 Å². The molecule has 0 aliphatic heterocycles. The molecule has 22 heavy (non-hydrogen) atoms. The van der Waals surface area contributed by atoms with Crippen molar-refractivity contribution >= 4 is 22.5 Å². The molecule has 3 rings (SSSR count). The molecule has 0 unspecified atom stereocenters. The smallest absolute Gasteiger partial charge is 0.235 e. The third kappa shape index (κ3) is 2.37. The van der Waals surface area contributed by atoms with Crippen LogP contribution in [0.3, 0.4) is 0 Å². The van der Waals surface area contributed by atoms with Crippen LogP contribution in [-0.4, -0.2) is 4.57 Å². The molecule has 114 valence electrons. The van der Waals surface area contributed by atoms with Gasteiger partial charge in [0.1, 0.15) is 5.69 Å². The van der Waals surface area contributed by atoms with Gasteiger partial charge in [0.2, 0.25) is 11.5 Å². The van der Waals surface area contributed by atoms with Crippen molar-refractivity contribution < 1.29 is 4.57 Å². The van der Waals surface area contributed by atoms with E-state index in [0.717, 1.165) is 5.82 Å². The summed E-state index contributed by atoms with van der Waals surface area (Å²) in [6.45, 7) is 8.71. The fourth-order valence-corrected chi connectivity index (χ4v) is 3.03. The van der Waals surface area contributed by atoms with Crippen molar-refractivity contribution in [3.05, 3.63) is 53.7 Å². The van der Waals surface area contributed by atoms with Gasteiger partial charge in [-0.15, -0.1) is 0 Å². The summed E-state index contributed by atoms with van der Waals surface area (Å²) in [4.78, 5) is 0. The Morgan fingerprint density at radius 1 is 1.00 bits per heavy atom. The van der Waals surface area contributed by atoms with Crippen LogP contribution < -0.4 is 9.88 Å². The summed E-state index contributed by atoms with van der Waals surface area (Å²) in [7, 11) is 2.12. The lowest BCUT2D eigenvalue weighted by atomic mass is 10.1. The fraction of sp³-hybridized carbons (Fsp3) is 0.316. The van der Waals surface area contributed by atoms with Gasteiger partial charge in [-0.2, -0.15) is 0 Å². The summed E-state index contributed by atoms with van der Waals surface area (Å²) in [5, 5.41) is 4.87. The first-order valence-corrected chi connectivity index (χ1v) is 7.82. The predicted molar refractivity (Wildman–Crippen MR) is 92.7 cm³/mol. The highest BCUT2D eigenvalue weighted by Crippen LogP contribution is 2.24. The Kier molecular flexibility index (Phi) is 3.65. The number of nitrogens with zero attached hydrogens (tertiary/aromatic N) is 2. The maximum Gasteiger partial charge on any atom is 0.235 e. The van der Waals surface area contributed by atoms with E-state index in [1.165, 1.54) is 27.8 Å². The molecule has 2 heterocycles. The van der Waals surface area contributed by atoms with E-state index in [1.54, 1.807) is 0 Å². The molecule has 2 aromatic heterocycles. The fourth-order valence-electron chi connectivity index (χ4n) is 3.03. The van der Waals surface area contributed by atoms with Crippen LogP contribution in [-0.2, 0) is 7.05 Å². The highest BCUT2D eigenvalue weighted by Gasteiger charge is 2.16. The van der Waals surface area contributed by atoms with Crippen molar-refractivity contribution in [1.29, 1.82) is 0 Å². The van der Waals surface area contributed by atoms with Crippen molar-refractivity contribution in [2.75, 3.05) is 5.32 Å². The van der Waals surface area contributed by atoms with Gasteiger partial charge in [0, 0.05) is 6.07 Å². The monoisotopic (exact) mass is 294 g/mol. The highest BCUT2D eigenvalue weighted by atomic mass is 15.2. The third-order valence-electron chi connectivity index (χ3n) is 4.31. The zero-order chi connectivity index (χ0) is 15.9. The molecule has 3 aromatic rings. The second kappa shape index (κ2) is 5.48. The predicted octanol–water partition coefficient (Wildman–Crippen LogP) is 4.41. The second-order valence-electron chi connectivity index (χ2n) is 6.27. The van der Waals surface area contributed by atoms with Gasteiger partial charge in [-0.3, -0.25) is 9.88 Å². The zero-order valence-electron chi connectivity index (χ0n) is 14.0. The Labute approximate surface area is 132 Å². The minimum Gasteiger partial charge on any atom is -0.273 e. The van der Waals surface area contributed by atoms with E-state index in [9.17, 15) is 0 Å². The maximum atomic E-state index is 3.61. The van der Waals surface area contributed by atoms with Crippen LogP contribution in [0.25, 0.3) is 11.0 Å². The van der Waals surface area contributed by atoms with Crippen LogP contribution in [0.5, 0.6) is 0 Å². The first-order valence-electron chi connectivity index (χ1n) is 7.82. The Morgan fingerprint density at radius 3 is 2.32 bits per heavy atom. The van der Waals surface area contributed by atoms with Crippen molar-refractivity contribution in [2.24, 2.45) is 7.05 Å². The van der Waals surface area contributed by atoms with Crippen molar-refractivity contribution in [1.82, 2.24) is 4.57 Å².